The van der Waals surface area contributed by atoms with Gasteiger partial charge >= 0.3 is 0 Å². The average molecular weight is 453 g/mol. The van der Waals surface area contributed by atoms with Gasteiger partial charge in [0.05, 0.1) is 5.69 Å². The predicted octanol–water partition coefficient (Wildman–Crippen LogP) is 4.82. The van der Waals surface area contributed by atoms with Gasteiger partial charge in [0.15, 0.2) is 0 Å². The van der Waals surface area contributed by atoms with Crippen LogP contribution >= 0.6 is 0 Å². The first-order chi connectivity index (χ1) is 16.6. The molecule has 0 aliphatic carbocycles. The minimum atomic E-state index is -0.0344. The van der Waals surface area contributed by atoms with E-state index in [1.54, 1.807) is 0 Å². The van der Waals surface area contributed by atoms with E-state index in [1.807, 2.05) is 11.1 Å². The second-order valence-electron chi connectivity index (χ2n) is 9.32. The molecule has 1 amide bonds. The highest BCUT2D eigenvalue weighted by molar-refractivity contribution is 5.78. The molecule has 1 aliphatic heterocycles. The van der Waals surface area contributed by atoms with Crippen molar-refractivity contribution in [1.29, 1.82) is 0 Å². The van der Waals surface area contributed by atoms with Crippen LogP contribution in [0.25, 0.3) is 5.65 Å². The zero-order valence-electron chi connectivity index (χ0n) is 20.0. The van der Waals surface area contributed by atoms with E-state index in [4.69, 9.17) is 4.98 Å². The van der Waals surface area contributed by atoms with Gasteiger partial charge in [-0.25, -0.2) is 4.98 Å². The number of carbonyl (C=O) groups excluding carboxylic acids is 1. The van der Waals surface area contributed by atoms with Crippen LogP contribution in [0.2, 0.25) is 0 Å². The molecule has 2 aromatic carbocycles. The number of carbonyl (C=O) groups is 1. The monoisotopic (exact) mass is 452 g/mol. The molecule has 1 atom stereocenters. The summed E-state index contributed by atoms with van der Waals surface area (Å²) in [6, 6.07) is 23.1. The highest BCUT2D eigenvalue weighted by atomic mass is 16.2. The van der Waals surface area contributed by atoms with Crippen molar-refractivity contribution in [2.75, 3.05) is 26.2 Å². The van der Waals surface area contributed by atoms with E-state index in [1.165, 1.54) is 16.7 Å². The maximum Gasteiger partial charge on any atom is 0.223 e. The summed E-state index contributed by atoms with van der Waals surface area (Å²) in [4.78, 5) is 22.7. The largest absolute Gasteiger partial charge is 0.340 e. The number of hydrogen-bond donors (Lipinski definition) is 0. The molecule has 3 heterocycles. The second kappa shape index (κ2) is 9.82. The predicted molar refractivity (Wildman–Crippen MR) is 136 cm³/mol. The van der Waals surface area contributed by atoms with E-state index >= 15 is 0 Å². The molecule has 1 fully saturated rings. The first-order valence-corrected chi connectivity index (χ1v) is 12.1. The second-order valence-corrected chi connectivity index (χ2v) is 9.32. The van der Waals surface area contributed by atoms with E-state index in [2.05, 4.69) is 96.1 Å². The Morgan fingerprint density at radius 3 is 2.35 bits per heavy atom. The van der Waals surface area contributed by atoms with Gasteiger partial charge in [-0.05, 0) is 42.2 Å². The molecule has 34 heavy (non-hydrogen) atoms. The SMILES string of the molecule is Cc1ccccc1C(CC(=O)N1CCN(Cc2ccccc2)CC1)c1cnc2c(C)cccn12. The van der Waals surface area contributed by atoms with Gasteiger partial charge in [-0.1, -0.05) is 60.7 Å². The van der Waals surface area contributed by atoms with Crippen molar-refractivity contribution in [2.24, 2.45) is 0 Å². The fraction of sp³-hybridized carbons (Fsp3) is 0.310. The van der Waals surface area contributed by atoms with Crippen LogP contribution in [0.15, 0.2) is 79.1 Å². The molecule has 174 valence electrons. The summed E-state index contributed by atoms with van der Waals surface area (Å²) in [5.41, 5.74) is 6.89. The lowest BCUT2D eigenvalue weighted by Crippen LogP contribution is -2.48. The summed E-state index contributed by atoms with van der Waals surface area (Å²) in [7, 11) is 0. The molecule has 0 bridgehead atoms. The van der Waals surface area contributed by atoms with Gasteiger partial charge in [0.1, 0.15) is 5.65 Å². The Morgan fingerprint density at radius 1 is 0.882 bits per heavy atom. The van der Waals surface area contributed by atoms with Gasteiger partial charge in [-0.2, -0.15) is 0 Å². The van der Waals surface area contributed by atoms with Crippen molar-refractivity contribution in [3.8, 4) is 0 Å². The summed E-state index contributed by atoms with van der Waals surface area (Å²) in [5.74, 6) is 0.183. The molecule has 5 heteroatoms. The molecule has 1 aliphatic rings. The molecular weight excluding hydrogens is 420 g/mol. The molecular formula is C29H32N4O. The lowest BCUT2D eigenvalue weighted by atomic mass is 9.89. The Balaban J connectivity index is 1.34. The quantitative estimate of drug-likeness (QED) is 0.421. The standard InChI is InChI=1S/C29H32N4O/c1-22-9-6-7-13-25(22)26(27-20-30-29-23(2)10-8-14-33(27)29)19-28(34)32-17-15-31(16-18-32)21-24-11-4-3-5-12-24/h3-14,20,26H,15-19,21H2,1-2H3. The van der Waals surface area contributed by atoms with Crippen LogP contribution in [0.1, 0.15) is 40.3 Å². The minimum Gasteiger partial charge on any atom is -0.340 e. The third-order valence-corrected chi connectivity index (χ3v) is 7.03. The number of aryl methyl sites for hydroxylation is 2. The number of amides is 1. The van der Waals surface area contributed by atoms with Gasteiger partial charge in [-0.3, -0.25) is 9.69 Å². The first kappa shape index (κ1) is 22.4. The van der Waals surface area contributed by atoms with Gasteiger partial charge in [-0.15, -0.1) is 0 Å². The van der Waals surface area contributed by atoms with Crippen molar-refractivity contribution in [1.82, 2.24) is 19.2 Å². The number of imidazole rings is 1. The molecule has 0 spiro atoms. The van der Waals surface area contributed by atoms with Crippen LogP contribution in [0, 0.1) is 13.8 Å². The molecule has 1 unspecified atom stereocenters. The number of piperazine rings is 1. The molecule has 4 aromatic rings. The summed E-state index contributed by atoms with van der Waals surface area (Å²) >= 11 is 0. The summed E-state index contributed by atoms with van der Waals surface area (Å²) in [6.07, 6.45) is 4.46. The molecule has 5 rings (SSSR count). The zero-order valence-corrected chi connectivity index (χ0v) is 20.0. The Bertz CT molecular complexity index is 1270. The van der Waals surface area contributed by atoms with Crippen molar-refractivity contribution < 1.29 is 4.79 Å². The zero-order chi connectivity index (χ0) is 23.5. The normalized spacial score (nSPS) is 15.5. The average Bonchev–Trinajstić information content (AvgIpc) is 3.29. The summed E-state index contributed by atoms with van der Waals surface area (Å²) in [6.45, 7) is 8.51. The first-order valence-electron chi connectivity index (χ1n) is 12.1. The van der Waals surface area contributed by atoms with Crippen molar-refractivity contribution in [3.05, 3.63) is 107 Å². The number of nitrogens with zero attached hydrogens (tertiary/aromatic N) is 4. The van der Waals surface area contributed by atoms with Crippen LogP contribution in [0.5, 0.6) is 0 Å². The third kappa shape index (κ3) is 4.62. The highest BCUT2D eigenvalue weighted by Crippen LogP contribution is 2.32. The topological polar surface area (TPSA) is 40.9 Å². The smallest absolute Gasteiger partial charge is 0.223 e. The highest BCUT2D eigenvalue weighted by Gasteiger charge is 2.28. The van der Waals surface area contributed by atoms with Crippen LogP contribution < -0.4 is 0 Å². The maximum atomic E-state index is 13.5. The van der Waals surface area contributed by atoms with Crippen molar-refractivity contribution in [2.45, 2.75) is 32.7 Å². The van der Waals surface area contributed by atoms with E-state index in [9.17, 15) is 4.79 Å². The Labute approximate surface area is 201 Å². The van der Waals surface area contributed by atoms with E-state index in [-0.39, 0.29) is 11.8 Å². The molecule has 0 radical (unpaired) electrons. The molecule has 1 saturated heterocycles. The number of pyridine rings is 1. The lowest BCUT2D eigenvalue weighted by molar-refractivity contribution is -0.133. The van der Waals surface area contributed by atoms with E-state index < -0.39 is 0 Å². The van der Waals surface area contributed by atoms with E-state index in [0.29, 0.717) is 6.42 Å². The minimum absolute atomic E-state index is 0.0344. The number of rotatable bonds is 6. The molecule has 0 N–H and O–H groups in total. The van der Waals surface area contributed by atoms with Crippen molar-refractivity contribution >= 4 is 11.6 Å². The molecule has 0 saturated carbocycles. The van der Waals surface area contributed by atoms with Gasteiger partial charge in [0, 0.05) is 57.5 Å². The fourth-order valence-electron chi connectivity index (χ4n) is 5.08. The van der Waals surface area contributed by atoms with Gasteiger partial charge in [0.25, 0.3) is 0 Å². The van der Waals surface area contributed by atoms with Crippen LogP contribution in [0.3, 0.4) is 0 Å². The fourth-order valence-corrected chi connectivity index (χ4v) is 5.08. The van der Waals surface area contributed by atoms with Gasteiger partial charge in [0.2, 0.25) is 5.91 Å². The number of fused-ring (bicyclic) bond motifs is 1. The third-order valence-electron chi connectivity index (χ3n) is 7.03. The Morgan fingerprint density at radius 2 is 1.59 bits per heavy atom. The van der Waals surface area contributed by atoms with Crippen molar-refractivity contribution in [3.63, 3.8) is 0 Å². The van der Waals surface area contributed by atoms with Crippen LogP contribution in [0.4, 0.5) is 0 Å². The Hall–Kier alpha value is -3.44. The maximum absolute atomic E-state index is 13.5. The summed E-state index contributed by atoms with van der Waals surface area (Å²) < 4.78 is 2.15. The number of hydrogen-bond acceptors (Lipinski definition) is 3. The molecule has 2 aromatic heterocycles. The van der Waals surface area contributed by atoms with Crippen LogP contribution in [-0.2, 0) is 11.3 Å². The number of benzene rings is 2. The Kier molecular flexibility index (Phi) is 6.45. The lowest BCUT2D eigenvalue weighted by Gasteiger charge is -2.35. The number of aromatic nitrogens is 2. The van der Waals surface area contributed by atoms with Gasteiger partial charge < -0.3 is 9.30 Å². The molecule has 5 nitrogen and oxygen atoms in total. The summed E-state index contributed by atoms with van der Waals surface area (Å²) in [5, 5.41) is 0. The van der Waals surface area contributed by atoms with E-state index in [0.717, 1.165) is 49.6 Å². The van der Waals surface area contributed by atoms with Crippen LogP contribution in [-0.4, -0.2) is 51.3 Å².